The van der Waals surface area contributed by atoms with Gasteiger partial charge < -0.3 is 19.5 Å². The minimum absolute atomic E-state index is 0.0860. The van der Waals surface area contributed by atoms with Crippen molar-refractivity contribution in [1.82, 2.24) is 5.32 Å². The number of nitrogens with one attached hydrogen (secondary N) is 1. The fourth-order valence-electron chi connectivity index (χ4n) is 3.94. The Balaban J connectivity index is 1.55. The van der Waals surface area contributed by atoms with Crippen molar-refractivity contribution in [3.63, 3.8) is 0 Å². The fraction of sp³-hybridized carbons (Fsp3) is 0.321. The van der Waals surface area contributed by atoms with E-state index in [1.165, 1.54) is 23.5 Å². The molecule has 0 bridgehead atoms. The summed E-state index contributed by atoms with van der Waals surface area (Å²) in [6, 6.07) is 18.5. The molecule has 0 aliphatic carbocycles. The van der Waals surface area contributed by atoms with Gasteiger partial charge in [-0.2, -0.15) is 0 Å². The monoisotopic (exact) mass is 558 g/mol. The summed E-state index contributed by atoms with van der Waals surface area (Å²) in [5.74, 6) is 1.04. The van der Waals surface area contributed by atoms with Crippen LogP contribution in [-0.2, 0) is 20.2 Å². The SMILES string of the molecule is COc1ccc(S(=O)(=O)N2CC(C(=O)NCCOc3ccc(Cl)cc3)Oc3ccc(C(C)(C)C)cc32)cc1. The molecular weight excluding hydrogens is 528 g/mol. The zero-order chi connectivity index (χ0) is 27.5. The van der Waals surface area contributed by atoms with Crippen LogP contribution in [0.25, 0.3) is 0 Å². The number of ether oxygens (including phenoxy) is 3. The molecule has 1 unspecified atom stereocenters. The molecule has 1 aliphatic rings. The van der Waals surface area contributed by atoms with Crippen molar-refractivity contribution in [1.29, 1.82) is 0 Å². The number of benzene rings is 3. The predicted octanol–water partition coefficient (Wildman–Crippen LogP) is 4.80. The third-order valence-electron chi connectivity index (χ3n) is 6.12. The summed E-state index contributed by atoms with van der Waals surface area (Å²) >= 11 is 5.88. The molecule has 1 aliphatic heterocycles. The van der Waals surface area contributed by atoms with Crippen molar-refractivity contribution in [2.75, 3.05) is 31.1 Å². The Morgan fingerprint density at radius 1 is 1.05 bits per heavy atom. The first-order valence-corrected chi connectivity index (χ1v) is 13.9. The number of nitrogens with zero attached hydrogens (tertiary/aromatic N) is 1. The third-order valence-corrected chi connectivity index (χ3v) is 8.16. The Morgan fingerprint density at radius 2 is 1.71 bits per heavy atom. The smallest absolute Gasteiger partial charge is 0.264 e. The van der Waals surface area contributed by atoms with Crippen LogP contribution >= 0.6 is 11.6 Å². The van der Waals surface area contributed by atoms with Crippen LogP contribution in [0, 0.1) is 0 Å². The first-order chi connectivity index (χ1) is 18.0. The summed E-state index contributed by atoms with van der Waals surface area (Å²) in [5.41, 5.74) is 1.11. The molecule has 0 aromatic heterocycles. The lowest BCUT2D eigenvalue weighted by Crippen LogP contribution is -2.51. The van der Waals surface area contributed by atoms with Gasteiger partial charge in [-0.3, -0.25) is 9.10 Å². The lowest BCUT2D eigenvalue weighted by molar-refractivity contribution is -0.127. The van der Waals surface area contributed by atoms with E-state index in [1.807, 2.05) is 32.9 Å². The number of methoxy groups -OCH3 is 1. The van der Waals surface area contributed by atoms with Gasteiger partial charge in [0.1, 0.15) is 23.9 Å². The molecule has 3 aromatic carbocycles. The Labute approximate surface area is 228 Å². The van der Waals surface area contributed by atoms with Crippen molar-refractivity contribution in [2.24, 2.45) is 0 Å². The summed E-state index contributed by atoms with van der Waals surface area (Å²) in [6.45, 7) is 6.38. The third kappa shape index (κ3) is 6.16. The van der Waals surface area contributed by atoms with Crippen LogP contribution in [0.2, 0.25) is 5.02 Å². The molecule has 0 saturated carbocycles. The average molecular weight is 559 g/mol. The Morgan fingerprint density at radius 3 is 2.34 bits per heavy atom. The van der Waals surface area contributed by atoms with E-state index in [0.29, 0.717) is 28.0 Å². The van der Waals surface area contributed by atoms with Crippen LogP contribution in [-0.4, -0.2) is 47.2 Å². The van der Waals surface area contributed by atoms with E-state index in [1.54, 1.807) is 42.5 Å². The van der Waals surface area contributed by atoms with Gasteiger partial charge in [-0.25, -0.2) is 8.42 Å². The lowest BCUT2D eigenvalue weighted by Gasteiger charge is -2.36. The van der Waals surface area contributed by atoms with Gasteiger partial charge in [0.15, 0.2) is 6.10 Å². The average Bonchev–Trinajstić information content (AvgIpc) is 2.90. The predicted molar refractivity (Wildman–Crippen MR) is 147 cm³/mol. The lowest BCUT2D eigenvalue weighted by atomic mass is 9.86. The molecule has 4 rings (SSSR count). The molecule has 0 spiro atoms. The minimum atomic E-state index is -4.01. The molecule has 38 heavy (non-hydrogen) atoms. The minimum Gasteiger partial charge on any atom is -0.497 e. The first kappa shape index (κ1) is 27.6. The second-order valence-electron chi connectivity index (χ2n) is 9.84. The number of amides is 1. The van der Waals surface area contributed by atoms with E-state index in [2.05, 4.69) is 5.32 Å². The van der Waals surface area contributed by atoms with Gasteiger partial charge in [-0.15, -0.1) is 0 Å². The number of anilines is 1. The van der Waals surface area contributed by atoms with Gasteiger partial charge in [0, 0.05) is 5.02 Å². The molecule has 0 saturated heterocycles. The number of halogens is 1. The number of hydrogen-bond donors (Lipinski definition) is 1. The molecule has 1 amide bonds. The highest BCUT2D eigenvalue weighted by Gasteiger charge is 2.38. The van der Waals surface area contributed by atoms with Crippen molar-refractivity contribution in [2.45, 2.75) is 37.2 Å². The van der Waals surface area contributed by atoms with Gasteiger partial charge in [-0.05, 0) is 71.6 Å². The highest BCUT2D eigenvalue weighted by Crippen LogP contribution is 2.40. The summed E-state index contributed by atoms with van der Waals surface area (Å²) < 4.78 is 45.6. The van der Waals surface area contributed by atoms with Gasteiger partial charge >= 0.3 is 0 Å². The number of hydrogen-bond acceptors (Lipinski definition) is 6. The standard InChI is InChI=1S/C28H31ClN2O6S/c1-28(2,3)19-5-14-25-24(17-19)31(38(33,34)23-12-10-21(35-4)11-13-23)18-26(37-25)27(32)30-15-16-36-22-8-6-20(29)7-9-22/h5-14,17,26H,15-16,18H2,1-4H3,(H,30,32). The Kier molecular flexibility index (Phi) is 8.08. The molecule has 0 radical (unpaired) electrons. The molecule has 8 nitrogen and oxygen atoms in total. The van der Waals surface area contributed by atoms with Crippen LogP contribution in [0.4, 0.5) is 5.69 Å². The largest absolute Gasteiger partial charge is 0.497 e. The Bertz CT molecular complexity index is 1390. The highest BCUT2D eigenvalue weighted by atomic mass is 35.5. The Hall–Kier alpha value is -3.43. The maximum atomic E-state index is 13.8. The quantitative estimate of drug-likeness (QED) is 0.399. The number of fused-ring (bicyclic) bond motifs is 1. The van der Waals surface area contributed by atoms with Crippen LogP contribution in [0.5, 0.6) is 17.2 Å². The van der Waals surface area contributed by atoms with E-state index in [4.69, 9.17) is 25.8 Å². The summed E-state index contributed by atoms with van der Waals surface area (Å²) in [7, 11) is -2.50. The normalized spacial score (nSPS) is 15.3. The fourth-order valence-corrected chi connectivity index (χ4v) is 5.54. The maximum absolute atomic E-state index is 13.8. The van der Waals surface area contributed by atoms with Gasteiger partial charge in [0.2, 0.25) is 0 Å². The zero-order valence-corrected chi connectivity index (χ0v) is 23.3. The van der Waals surface area contributed by atoms with E-state index in [0.717, 1.165) is 5.56 Å². The molecule has 10 heteroatoms. The topological polar surface area (TPSA) is 94.2 Å². The molecule has 0 fully saturated rings. The van der Waals surface area contributed by atoms with Crippen molar-refractivity contribution < 1.29 is 27.4 Å². The molecule has 202 valence electrons. The first-order valence-electron chi connectivity index (χ1n) is 12.1. The summed E-state index contributed by atoms with van der Waals surface area (Å²) in [4.78, 5) is 13.1. The second-order valence-corrected chi connectivity index (χ2v) is 12.1. The number of carbonyl (C=O) groups is 1. The number of rotatable bonds is 8. The van der Waals surface area contributed by atoms with E-state index < -0.39 is 22.0 Å². The van der Waals surface area contributed by atoms with Crippen LogP contribution in [0.1, 0.15) is 26.3 Å². The van der Waals surface area contributed by atoms with Crippen molar-refractivity contribution in [3.05, 3.63) is 77.3 Å². The summed E-state index contributed by atoms with van der Waals surface area (Å²) in [6.07, 6.45) is -1.05. The van der Waals surface area contributed by atoms with Crippen LogP contribution in [0.3, 0.4) is 0 Å². The van der Waals surface area contributed by atoms with Crippen molar-refractivity contribution >= 4 is 33.2 Å². The number of carbonyl (C=O) groups excluding carboxylic acids is 1. The van der Waals surface area contributed by atoms with Gasteiger partial charge in [-0.1, -0.05) is 38.4 Å². The molecule has 1 heterocycles. The zero-order valence-electron chi connectivity index (χ0n) is 21.7. The molecular formula is C28H31ClN2O6S. The van der Waals surface area contributed by atoms with Gasteiger partial charge in [0.25, 0.3) is 15.9 Å². The summed E-state index contributed by atoms with van der Waals surface area (Å²) in [5, 5.41) is 3.38. The van der Waals surface area contributed by atoms with E-state index >= 15 is 0 Å². The van der Waals surface area contributed by atoms with Gasteiger partial charge in [0.05, 0.1) is 30.8 Å². The highest BCUT2D eigenvalue weighted by molar-refractivity contribution is 7.92. The van der Waals surface area contributed by atoms with Crippen LogP contribution < -0.4 is 23.8 Å². The molecule has 1 atom stereocenters. The second kappa shape index (κ2) is 11.1. The van der Waals surface area contributed by atoms with Crippen LogP contribution in [0.15, 0.2) is 71.6 Å². The van der Waals surface area contributed by atoms with E-state index in [9.17, 15) is 13.2 Å². The number of sulfonamides is 1. The maximum Gasteiger partial charge on any atom is 0.264 e. The molecule has 1 N–H and O–H groups in total. The van der Waals surface area contributed by atoms with Crippen molar-refractivity contribution in [3.8, 4) is 17.2 Å². The molecule has 3 aromatic rings. The van der Waals surface area contributed by atoms with E-state index in [-0.39, 0.29) is 30.0 Å².